The third kappa shape index (κ3) is 11.7. The smallest absolute Gasteiger partial charge is 0.186 e. The highest BCUT2D eigenvalue weighted by Crippen LogP contribution is 2.50. The summed E-state index contributed by atoms with van der Waals surface area (Å²) in [5, 5.41) is 52.1. The van der Waals surface area contributed by atoms with Crippen LogP contribution >= 0.6 is 0 Å². The van der Waals surface area contributed by atoms with E-state index in [4.69, 9.17) is 9.47 Å². The molecule has 0 radical (unpaired) electrons. The Morgan fingerprint density at radius 3 is 2.23 bits per heavy atom. The molecule has 0 amide bonds. The van der Waals surface area contributed by atoms with Crippen LogP contribution < -0.4 is 0 Å². The summed E-state index contributed by atoms with van der Waals surface area (Å²) in [7, 11) is 0. The fourth-order valence-electron chi connectivity index (χ4n) is 6.48. The minimum absolute atomic E-state index is 0.0908. The van der Waals surface area contributed by atoms with E-state index in [-0.39, 0.29) is 18.6 Å². The SMILES string of the molecule is C/C(C=O)=C\CC/C(C)=C/CC/C(C)=C/[C@H](O)C/C=C(\C)CC[C@H]1C(C)(C)[C@@H](O[C@@H]2OC[C@@H](O)[C@H](O)[C@H]2O)CC[C@]1(C)O. The molecule has 0 aromatic rings. The molecular weight excluding hydrogens is 548 g/mol. The van der Waals surface area contributed by atoms with Crippen molar-refractivity contribution in [3.05, 3.63) is 46.6 Å². The van der Waals surface area contributed by atoms with E-state index in [9.17, 15) is 30.3 Å². The van der Waals surface area contributed by atoms with Crippen LogP contribution in [0.15, 0.2) is 46.6 Å². The zero-order valence-corrected chi connectivity index (χ0v) is 27.5. The zero-order valence-electron chi connectivity index (χ0n) is 27.5. The van der Waals surface area contributed by atoms with Gasteiger partial charge in [-0.15, -0.1) is 0 Å². The number of hydrogen-bond acceptors (Lipinski definition) is 8. The molecule has 1 saturated heterocycles. The van der Waals surface area contributed by atoms with Crippen molar-refractivity contribution < 1.29 is 39.8 Å². The summed E-state index contributed by atoms with van der Waals surface area (Å²) < 4.78 is 11.7. The number of aldehydes is 1. The van der Waals surface area contributed by atoms with Crippen molar-refractivity contribution in [1.29, 1.82) is 0 Å². The van der Waals surface area contributed by atoms with Gasteiger partial charge in [-0.2, -0.15) is 0 Å². The highest BCUT2D eigenvalue weighted by atomic mass is 16.7. The Morgan fingerprint density at radius 2 is 1.56 bits per heavy atom. The van der Waals surface area contributed by atoms with Crippen LogP contribution in [-0.2, 0) is 14.3 Å². The molecule has 2 fully saturated rings. The van der Waals surface area contributed by atoms with Crippen molar-refractivity contribution >= 4 is 6.29 Å². The summed E-state index contributed by atoms with van der Waals surface area (Å²) in [6.45, 7) is 13.9. The van der Waals surface area contributed by atoms with Crippen LogP contribution in [0.2, 0.25) is 0 Å². The van der Waals surface area contributed by atoms with Gasteiger partial charge in [-0.25, -0.2) is 0 Å². The van der Waals surface area contributed by atoms with Crippen LogP contribution in [0.4, 0.5) is 0 Å². The van der Waals surface area contributed by atoms with Crippen LogP contribution in [0.3, 0.4) is 0 Å². The molecule has 2 rings (SSSR count). The van der Waals surface area contributed by atoms with Gasteiger partial charge in [0.2, 0.25) is 0 Å². The lowest BCUT2D eigenvalue weighted by atomic mass is 9.59. The standard InChI is InChI=1S/C35H58O8/c1-23(11-9-13-26(4)21-36)10-8-12-25(3)20-27(37)16-14-24(2)15-17-29-34(5,6)30(18-19-35(29,7)41)43-33-32(40)31(39)28(38)22-42-33/h10,13-14,20-21,27-33,37-41H,8-9,11-12,15-19,22H2,1-7H3/b23-10+,24-14+,25-20+,26-13+/t27-,28-,29+,30+,31+,32-,33+,35+/m1/s1. The van der Waals surface area contributed by atoms with E-state index >= 15 is 0 Å². The molecule has 2 aliphatic rings. The van der Waals surface area contributed by atoms with Gasteiger partial charge < -0.3 is 35.0 Å². The highest BCUT2D eigenvalue weighted by molar-refractivity contribution is 5.71. The van der Waals surface area contributed by atoms with Crippen LogP contribution in [0, 0.1) is 11.3 Å². The minimum Gasteiger partial charge on any atom is -0.390 e. The number of hydrogen-bond donors (Lipinski definition) is 5. The monoisotopic (exact) mass is 606 g/mol. The van der Waals surface area contributed by atoms with E-state index in [2.05, 4.69) is 39.8 Å². The first-order chi connectivity index (χ1) is 20.1. The zero-order chi connectivity index (χ0) is 32.4. The highest BCUT2D eigenvalue weighted by Gasteiger charge is 2.52. The number of aliphatic hydroxyl groups is 5. The quantitative estimate of drug-likeness (QED) is 0.0990. The third-order valence-corrected chi connectivity index (χ3v) is 9.38. The summed E-state index contributed by atoms with van der Waals surface area (Å²) in [6, 6.07) is 0. The lowest BCUT2D eigenvalue weighted by Crippen LogP contribution is -2.59. The summed E-state index contributed by atoms with van der Waals surface area (Å²) in [4.78, 5) is 10.7. The third-order valence-electron chi connectivity index (χ3n) is 9.38. The van der Waals surface area contributed by atoms with Gasteiger partial charge in [0.25, 0.3) is 0 Å². The predicted octanol–water partition coefficient (Wildman–Crippen LogP) is 5.07. The first-order valence-corrected chi connectivity index (χ1v) is 15.9. The van der Waals surface area contributed by atoms with Crippen molar-refractivity contribution in [2.24, 2.45) is 11.3 Å². The lowest BCUT2D eigenvalue weighted by molar-refractivity contribution is -0.304. The van der Waals surface area contributed by atoms with Gasteiger partial charge in [-0.3, -0.25) is 4.79 Å². The van der Waals surface area contributed by atoms with Crippen molar-refractivity contribution in [1.82, 2.24) is 0 Å². The maximum Gasteiger partial charge on any atom is 0.186 e. The average molecular weight is 607 g/mol. The molecule has 8 heteroatoms. The number of rotatable bonds is 15. The Morgan fingerprint density at radius 1 is 0.930 bits per heavy atom. The maximum atomic E-state index is 11.3. The number of allylic oxidation sites excluding steroid dienone is 6. The van der Waals surface area contributed by atoms with Gasteiger partial charge in [0.05, 0.1) is 24.4 Å². The van der Waals surface area contributed by atoms with Crippen molar-refractivity contribution in [3.8, 4) is 0 Å². The largest absolute Gasteiger partial charge is 0.390 e. The maximum absolute atomic E-state index is 11.3. The van der Waals surface area contributed by atoms with E-state index in [1.54, 1.807) is 0 Å². The van der Waals surface area contributed by atoms with E-state index in [0.29, 0.717) is 19.3 Å². The lowest BCUT2D eigenvalue weighted by Gasteiger charge is -2.53. The van der Waals surface area contributed by atoms with Gasteiger partial charge in [0.15, 0.2) is 6.29 Å². The molecule has 8 nitrogen and oxygen atoms in total. The molecule has 246 valence electrons. The van der Waals surface area contributed by atoms with E-state index < -0.39 is 41.7 Å². The predicted molar refractivity (Wildman–Crippen MR) is 169 cm³/mol. The van der Waals surface area contributed by atoms with Gasteiger partial charge in [-0.1, -0.05) is 54.9 Å². The number of carbonyl (C=O) groups is 1. The second kappa shape index (κ2) is 17.2. The first kappa shape index (κ1) is 37.5. The van der Waals surface area contributed by atoms with Crippen LogP contribution in [0.5, 0.6) is 0 Å². The molecule has 1 saturated carbocycles. The molecule has 5 N–H and O–H groups in total. The second-order valence-electron chi connectivity index (χ2n) is 13.7. The van der Waals surface area contributed by atoms with Gasteiger partial charge in [-0.05, 0) is 109 Å². The minimum atomic E-state index is -1.35. The summed E-state index contributed by atoms with van der Waals surface area (Å²) in [6.07, 6.45) is 10.1. The molecule has 0 aromatic carbocycles. The van der Waals surface area contributed by atoms with Crippen molar-refractivity contribution in [2.45, 2.75) is 149 Å². The van der Waals surface area contributed by atoms with Gasteiger partial charge in [0, 0.05) is 0 Å². The molecule has 1 heterocycles. The molecule has 43 heavy (non-hydrogen) atoms. The van der Waals surface area contributed by atoms with Gasteiger partial charge in [0.1, 0.15) is 24.6 Å². The molecular formula is C35H58O8. The van der Waals surface area contributed by atoms with Crippen molar-refractivity contribution in [3.63, 3.8) is 0 Å². The van der Waals surface area contributed by atoms with Crippen LogP contribution in [0.25, 0.3) is 0 Å². The molecule has 0 aromatic heterocycles. The molecule has 1 aliphatic heterocycles. The van der Waals surface area contributed by atoms with Gasteiger partial charge >= 0.3 is 0 Å². The molecule has 0 unspecified atom stereocenters. The fraction of sp³-hybridized carbons (Fsp3) is 0.743. The van der Waals surface area contributed by atoms with E-state index in [1.165, 1.54) is 5.57 Å². The molecule has 0 bridgehead atoms. The fourth-order valence-corrected chi connectivity index (χ4v) is 6.48. The van der Waals surface area contributed by atoms with E-state index in [0.717, 1.165) is 61.5 Å². The topological polar surface area (TPSA) is 137 Å². The van der Waals surface area contributed by atoms with Crippen molar-refractivity contribution in [2.75, 3.05) is 6.61 Å². The second-order valence-corrected chi connectivity index (χ2v) is 13.7. The Bertz CT molecular complexity index is 1010. The van der Waals surface area contributed by atoms with Crippen LogP contribution in [-0.4, -0.2) is 80.8 Å². The first-order valence-electron chi connectivity index (χ1n) is 15.9. The van der Waals surface area contributed by atoms with Crippen LogP contribution in [0.1, 0.15) is 106 Å². The molecule has 0 spiro atoms. The van der Waals surface area contributed by atoms with E-state index in [1.807, 2.05) is 32.9 Å². The summed E-state index contributed by atoms with van der Waals surface area (Å²) in [5.41, 5.74) is 3.05. The number of ether oxygens (including phenoxy) is 2. The average Bonchev–Trinajstić information content (AvgIpc) is 2.92. The Balaban J connectivity index is 1.88. The summed E-state index contributed by atoms with van der Waals surface area (Å²) in [5.74, 6) is -0.0908. The Labute approximate surface area is 259 Å². The Kier molecular flexibility index (Phi) is 15.0. The molecule has 8 atom stereocenters. The normalized spacial score (nSPS) is 33.4. The molecule has 1 aliphatic carbocycles. The number of aliphatic hydroxyl groups excluding tert-OH is 4. The Hall–Kier alpha value is -1.65. The summed E-state index contributed by atoms with van der Waals surface area (Å²) >= 11 is 0. The number of carbonyl (C=O) groups excluding carboxylic acids is 1.